The number of nitrogens with zero attached hydrogens (tertiary/aromatic N) is 1. The first-order valence-corrected chi connectivity index (χ1v) is 12.0. The van der Waals surface area contributed by atoms with Crippen LogP contribution in [-0.4, -0.2) is 63.7 Å². The van der Waals surface area contributed by atoms with E-state index in [1.165, 1.54) is 12.1 Å². The van der Waals surface area contributed by atoms with Gasteiger partial charge in [-0.3, -0.25) is 9.59 Å². The fourth-order valence-corrected chi connectivity index (χ4v) is 5.15. The summed E-state index contributed by atoms with van der Waals surface area (Å²) in [7, 11) is -3.93. The average molecular weight is 496 g/mol. The second kappa shape index (κ2) is 9.96. The normalized spacial score (nSPS) is 18.0. The second-order valence-corrected chi connectivity index (χ2v) is 9.53. The van der Waals surface area contributed by atoms with Crippen molar-refractivity contribution < 1.29 is 32.2 Å². The van der Waals surface area contributed by atoms with E-state index in [0.29, 0.717) is 35.3 Å². The highest BCUT2D eigenvalue weighted by atomic mass is 35.5. The highest BCUT2D eigenvalue weighted by Gasteiger charge is 2.37. The lowest BCUT2D eigenvalue weighted by Gasteiger charge is -2.24. The largest absolute Gasteiger partial charge is 0.486 e. The maximum absolute atomic E-state index is 13.1. The second-order valence-electron chi connectivity index (χ2n) is 7.23. The Balaban J connectivity index is 1.36. The van der Waals surface area contributed by atoms with Crippen LogP contribution in [0.25, 0.3) is 0 Å². The number of nitrogens with one attached hydrogen (secondary N) is 2. The molecule has 2 aromatic rings. The third kappa shape index (κ3) is 5.22. The first-order valence-electron chi connectivity index (χ1n) is 10.2. The third-order valence-corrected chi connectivity index (χ3v) is 7.36. The van der Waals surface area contributed by atoms with Gasteiger partial charge in [0.25, 0.3) is 0 Å². The van der Waals surface area contributed by atoms with E-state index in [1.807, 2.05) is 0 Å². The van der Waals surface area contributed by atoms with Crippen LogP contribution in [0.2, 0.25) is 5.02 Å². The molecule has 33 heavy (non-hydrogen) atoms. The summed E-state index contributed by atoms with van der Waals surface area (Å²) < 4.78 is 43.8. The number of hydrogen-bond acceptors (Lipinski definition) is 7. The Hall–Kier alpha value is -2.86. The van der Waals surface area contributed by atoms with Crippen molar-refractivity contribution in [2.45, 2.75) is 17.7 Å². The summed E-state index contributed by atoms with van der Waals surface area (Å²) in [6, 6.07) is 11.3. The summed E-state index contributed by atoms with van der Waals surface area (Å²) in [6.45, 7) is 0.876. The lowest BCUT2D eigenvalue weighted by molar-refractivity contribution is -0.139. The van der Waals surface area contributed by atoms with Crippen LogP contribution in [0.4, 0.5) is 0 Å². The Morgan fingerprint density at radius 2 is 1.73 bits per heavy atom. The molecular weight excluding hydrogens is 474 g/mol. The average Bonchev–Trinajstić information content (AvgIpc) is 3.31. The van der Waals surface area contributed by atoms with E-state index in [-0.39, 0.29) is 31.1 Å². The predicted molar refractivity (Wildman–Crippen MR) is 117 cm³/mol. The van der Waals surface area contributed by atoms with Crippen molar-refractivity contribution in [3.8, 4) is 11.5 Å². The zero-order chi connectivity index (χ0) is 23.4. The zero-order valence-corrected chi connectivity index (χ0v) is 19.0. The molecule has 2 aromatic carbocycles. The van der Waals surface area contributed by atoms with Crippen LogP contribution in [-0.2, 0) is 30.9 Å². The molecule has 2 aliphatic rings. The SMILES string of the molecule is O=C(NCc1ccccc1Cl)C(=O)NC[C@@H]1OCCN1S(=O)(=O)c1ccc2c(c1)OCCO2. The first-order chi connectivity index (χ1) is 15.9. The molecule has 0 saturated carbocycles. The maximum Gasteiger partial charge on any atom is 0.309 e. The van der Waals surface area contributed by atoms with Gasteiger partial charge in [-0.15, -0.1) is 0 Å². The van der Waals surface area contributed by atoms with E-state index in [0.717, 1.165) is 4.31 Å². The van der Waals surface area contributed by atoms with Crippen LogP contribution in [0, 0.1) is 0 Å². The minimum Gasteiger partial charge on any atom is -0.486 e. The van der Waals surface area contributed by atoms with Crippen molar-refractivity contribution in [3.05, 3.63) is 53.1 Å². The Labute approximate surface area is 195 Å². The first kappa shape index (κ1) is 23.3. The molecule has 2 N–H and O–H groups in total. The Morgan fingerprint density at radius 1 is 1.00 bits per heavy atom. The summed E-state index contributed by atoms with van der Waals surface area (Å²) >= 11 is 6.04. The molecular formula is C21H22ClN3O7S. The topological polar surface area (TPSA) is 123 Å². The molecule has 2 aliphatic heterocycles. The predicted octanol–water partition coefficient (Wildman–Crippen LogP) is 0.891. The molecule has 4 rings (SSSR count). The molecule has 2 amide bonds. The number of hydrogen-bond donors (Lipinski definition) is 2. The molecule has 1 saturated heterocycles. The molecule has 176 valence electrons. The summed E-state index contributed by atoms with van der Waals surface area (Å²) in [6.07, 6.45) is -0.955. The fraction of sp³-hybridized carbons (Fsp3) is 0.333. The Morgan fingerprint density at radius 3 is 2.52 bits per heavy atom. The standard InChI is InChI=1S/C21H22ClN3O7S/c22-16-4-2-1-3-14(16)12-23-20(26)21(27)24-13-19-25(7-8-32-19)33(28,29)15-5-6-17-18(11-15)31-10-9-30-17/h1-6,11,19H,7-10,12-13H2,(H,23,26)(H,24,27)/t19-/m0/s1. The lowest BCUT2D eigenvalue weighted by Crippen LogP contribution is -2.47. The van der Waals surface area contributed by atoms with Crippen LogP contribution < -0.4 is 20.1 Å². The summed E-state index contributed by atoms with van der Waals surface area (Å²) in [5.41, 5.74) is 0.663. The fourth-order valence-electron chi connectivity index (χ4n) is 3.42. The van der Waals surface area contributed by atoms with Gasteiger partial charge >= 0.3 is 11.8 Å². The van der Waals surface area contributed by atoms with E-state index in [9.17, 15) is 18.0 Å². The van der Waals surface area contributed by atoms with Crippen LogP contribution in [0.1, 0.15) is 5.56 Å². The number of carbonyl (C=O) groups is 2. The van der Waals surface area contributed by atoms with Crippen molar-refractivity contribution in [2.75, 3.05) is 32.9 Å². The van der Waals surface area contributed by atoms with E-state index in [4.69, 9.17) is 25.8 Å². The third-order valence-electron chi connectivity index (χ3n) is 5.10. The number of rotatable bonds is 6. The monoisotopic (exact) mass is 495 g/mol. The van der Waals surface area contributed by atoms with Gasteiger partial charge in [-0.05, 0) is 23.8 Å². The van der Waals surface area contributed by atoms with E-state index in [2.05, 4.69) is 10.6 Å². The summed E-state index contributed by atoms with van der Waals surface area (Å²) in [5, 5.41) is 5.37. The van der Waals surface area contributed by atoms with Gasteiger partial charge in [-0.25, -0.2) is 8.42 Å². The van der Waals surface area contributed by atoms with Crippen LogP contribution in [0.5, 0.6) is 11.5 Å². The summed E-state index contributed by atoms with van der Waals surface area (Å²) in [5.74, 6) is -0.949. The molecule has 1 atom stereocenters. The van der Waals surface area contributed by atoms with E-state index < -0.39 is 28.1 Å². The summed E-state index contributed by atoms with van der Waals surface area (Å²) in [4.78, 5) is 24.3. The lowest BCUT2D eigenvalue weighted by atomic mass is 10.2. The number of amides is 2. The smallest absolute Gasteiger partial charge is 0.309 e. The van der Waals surface area contributed by atoms with Crippen molar-refractivity contribution in [3.63, 3.8) is 0 Å². The molecule has 1 fully saturated rings. The van der Waals surface area contributed by atoms with Crippen molar-refractivity contribution in [1.29, 1.82) is 0 Å². The number of ether oxygens (including phenoxy) is 3. The molecule has 0 unspecified atom stereocenters. The molecule has 2 heterocycles. The molecule has 0 spiro atoms. The van der Waals surface area contributed by atoms with E-state index in [1.54, 1.807) is 30.3 Å². The van der Waals surface area contributed by atoms with Gasteiger partial charge in [0, 0.05) is 24.2 Å². The Bertz CT molecular complexity index is 1160. The quantitative estimate of drug-likeness (QED) is 0.570. The molecule has 10 nitrogen and oxygen atoms in total. The van der Waals surface area contributed by atoms with E-state index >= 15 is 0 Å². The highest BCUT2D eigenvalue weighted by Crippen LogP contribution is 2.34. The zero-order valence-electron chi connectivity index (χ0n) is 17.5. The minimum atomic E-state index is -3.93. The number of benzene rings is 2. The van der Waals surface area contributed by atoms with Crippen molar-refractivity contribution in [1.82, 2.24) is 14.9 Å². The van der Waals surface area contributed by atoms with Crippen LogP contribution >= 0.6 is 11.6 Å². The Kier molecular flexibility index (Phi) is 7.03. The van der Waals surface area contributed by atoms with Gasteiger partial charge in [0.2, 0.25) is 10.0 Å². The molecule has 0 aromatic heterocycles. The number of carbonyl (C=O) groups excluding carboxylic acids is 2. The molecule has 0 aliphatic carbocycles. The molecule has 12 heteroatoms. The number of sulfonamides is 1. The molecule has 0 bridgehead atoms. The highest BCUT2D eigenvalue weighted by molar-refractivity contribution is 7.89. The van der Waals surface area contributed by atoms with Crippen LogP contribution in [0.3, 0.4) is 0 Å². The molecule has 0 radical (unpaired) electrons. The minimum absolute atomic E-state index is 0.0195. The van der Waals surface area contributed by atoms with Gasteiger partial charge < -0.3 is 24.8 Å². The van der Waals surface area contributed by atoms with Gasteiger partial charge in [0.1, 0.15) is 19.4 Å². The van der Waals surface area contributed by atoms with Gasteiger partial charge in [0.15, 0.2) is 11.5 Å². The van der Waals surface area contributed by atoms with Gasteiger partial charge in [0.05, 0.1) is 18.0 Å². The van der Waals surface area contributed by atoms with Gasteiger partial charge in [-0.2, -0.15) is 4.31 Å². The number of halogens is 1. The van der Waals surface area contributed by atoms with Crippen LogP contribution in [0.15, 0.2) is 47.4 Å². The maximum atomic E-state index is 13.1. The number of fused-ring (bicyclic) bond motifs is 1. The van der Waals surface area contributed by atoms with Crippen molar-refractivity contribution in [2.24, 2.45) is 0 Å². The van der Waals surface area contributed by atoms with Crippen molar-refractivity contribution >= 4 is 33.4 Å². The van der Waals surface area contributed by atoms with Gasteiger partial charge in [-0.1, -0.05) is 29.8 Å².